The molecule has 5 nitrogen and oxygen atoms in total. The van der Waals surface area contributed by atoms with Crippen molar-refractivity contribution < 1.29 is 13.2 Å². The Morgan fingerprint density at radius 2 is 2.06 bits per heavy atom. The Labute approximate surface area is 108 Å². The average molecular weight is 272 g/mol. The largest absolute Gasteiger partial charge is 0.399 e. The maximum absolute atomic E-state index is 12.1. The second-order valence-corrected chi connectivity index (χ2v) is 6.10. The topological polar surface area (TPSA) is 81.4 Å². The Hall–Kier alpha value is -1.11. The molecule has 0 aliphatic carbocycles. The Bertz CT molecular complexity index is 480. The molecule has 6 heteroatoms. The first-order chi connectivity index (χ1) is 8.35. The van der Waals surface area contributed by atoms with Gasteiger partial charge in [-0.05, 0) is 44.0 Å². The Morgan fingerprint density at radius 3 is 2.61 bits per heavy atom. The molecule has 0 fully saturated rings. The molecule has 0 saturated heterocycles. The number of ether oxygens (including phenoxy) is 1. The van der Waals surface area contributed by atoms with Crippen LogP contribution in [0.2, 0.25) is 0 Å². The smallest absolute Gasteiger partial charge is 0.240 e. The third kappa shape index (κ3) is 4.29. The van der Waals surface area contributed by atoms with Gasteiger partial charge in [0.25, 0.3) is 0 Å². The van der Waals surface area contributed by atoms with Crippen LogP contribution in [0.4, 0.5) is 5.69 Å². The first kappa shape index (κ1) is 14.9. The molecule has 1 aromatic rings. The SMILES string of the molecule is COCCC(C)NS(=O)(=O)c1cc(C)cc(N)c1. The minimum atomic E-state index is -3.52. The molecular weight excluding hydrogens is 252 g/mol. The van der Waals surface area contributed by atoms with Gasteiger partial charge in [0.15, 0.2) is 0 Å². The number of benzene rings is 1. The van der Waals surface area contributed by atoms with Crippen molar-refractivity contribution in [1.82, 2.24) is 4.72 Å². The summed E-state index contributed by atoms with van der Waals surface area (Å²) in [5, 5.41) is 0. The van der Waals surface area contributed by atoms with Crippen LogP contribution in [0.3, 0.4) is 0 Å². The zero-order chi connectivity index (χ0) is 13.8. The molecule has 1 rings (SSSR count). The first-order valence-electron chi connectivity index (χ1n) is 5.73. The van der Waals surface area contributed by atoms with Gasteiger partial charge in [0.05, 0.1) is 4.90 Å². The number of hydrogen-bond donors (Lipinski definition) is 2. The Kier molecular flexibility index (Phi) is 5.13. The van der Waals surface area contributed by atoms with Gasteiger partial charge in [-0.1, -0.05) is 0 Å². The minimum Gasteiger partial charge on any atom is -0.399 e. The zero-order valence-electron chi connectivity index (χ0n) is 10.9. The van der Waals surface area contributed by atoms with Crippen LogP contribution < -0.4 is 10.5 Å². The standard InChI is InChI=1S/C12H20N2O3S/c1-9-6-11(13)8-12(7-9)18(15,16)14-10(2)4-5-17-3/h6-8,10,14H,4-5,13H2,1-3H3. The molecule has 0 aliphatic rings. The van der Waals surface area contributed by atoms with Crippen molar-refractivity contribution in [3.8, 4) is 0 Å². The highest BCUT2D eigenvalue weighted by Crippen LogP contribution is 2.16. The van der Waals surface area contributed by atoms with Crippen LogP contribution in [0.25, 0.3) is 0 Å². The van der Waals surface area contributed by atoms with Crippen molar-refractivity contribution >= 4 is 15.7 Å². The summed E-state index contributed by atoms with van der Waals surface area (Å²) in [5.41, 5.74) is 6.92. The van der Waals surface area contributed by atoms with Crippen LogP contribution in [0.15, 0.2) is 23.1 Å². The molecule has 0 aliphatic heterocycles. The van der Waals surface area contributed by atoms with E-state index in [1.807, 2.05) is 6.92 Å². The van der Waals surface area contributed by atoms with E-state index in [2.05, 4.69) is 4.72 Å². The summed E-state index contributed by atoms with van der Waals surface area (Å²) in [4.78, 5) is 0.198. The molecule has 1 unspecified atom stereocenters. The lowest BCUT2D eigenvalue weighted by atomic mass is 10.2. The van der Waals surface area contributed by atoms with Crippen LogP contribution >= 0.6 is 0 Å². The molecule has 1 atom stereocenters. The highest BCUT2D eigenvalue weighted by molar-refractivity contribution is 7.89. The molecule has 0 amide bonds. The van der Waals surface area contributed by atoms with Gasteiger partial charge in [-0.25, -0.2) is 13.1 Å². The number of nitrogens with two attached hydrogens (primary N) is 1. The van der Waals surface area contributed by atoms with E-state index < -0.39 is 10.0 Å². The van der Waals surface area contributed by atoms with Crippen LogP contribution in [0, 0.1) is 6.92 Å². The fraction of sp³-hybridized carbons (Fsp3) is 0.500. The molecule has 3 N–H and O–H groups in total. The number of rotatable bonds is 6. The van der Waals surface area contributed by atoms with E-state index in [9.17, 15) is 8.42 Å². The predicted octanol–water partition coefficient (Wildman–Crippen LogP) is 1.28. The average Bonchev–Trinajstić information content (AvgIpc) is 2.24. The number of methoxy groups -OCH3 is 1. The fourth-order valence-electron chi connectivity index (χ4n) is 1.62. The van der Waals surface area contributed by atoms with Crippen molar-refractivity contribution in [2.45, 2.75) is 31.2 Å². The summed E-state index contributed by atoms with van der Waals surface area (Å²) >= 11 is 0. The quantitative estimate of drug-likeness (QED) is 0.764. The van der Waals surface area contributed by atoms with E-state index >= 15 is 0 Å². The molecule has 18 heavy (non-hydrogen) atoms. The van der Waals surface area contributed by atoms with Crippen LogP contribution in [-0.4, -0.2) is 28.2 Å². The minimum absolute atomic E-state index is 0.184. The van der Waals surface area contributed by atoms with Crippen LogP contribution in [-0.2, 0) is 14.8 Å². The fourth-order valence-corrected chi connectivity index (χ4v) is 3.03. The van der Waals surface area contributed by atoms with Crippen molar-refractivity contribution in [1.29, 1.82) is 0 Å². The molecular formula is C12H20N2O3S. The molecule has 102 valence electrons. The van der Waals surface area contributed by atoms with Crippen LogP contribution in [0.5, 0.6) is 0 Å². The van der Waals surface area contributed by atoms with Crippen molar-refractivity contribution in [2.24, 2.45) is 0 Å². The van der Waals surface area contributed by atoms with Crippen molar-refractivity contribution in [2.75, 3.05) is 19.5 Å². The molecule has 0 radical (unpaired) electrons. The number of aryl methyl sites for hydroxylation is 1. The van der Waals surface area contributed by atoms with E-state index in [-0.39, 0.29) is 10.9 Å². The Morgan fingerprint density at radius 1 is 1.39 bits per heavy atom. The monoisotopic (exact) mass is 272 g/mol. The van der Waals surface area contributed by atoms with Gasteiger partial charge < -0.3 is 10.5 Å². The number of sulfonamides is 1. The number of anilines is 1. The van der Waals surface area contributed by atoms with Crippen LogP contribution in [0.1, 0.15) is 18.9 Å². The normalized spacial score (nSPS) is 13.5. The summed E-state index contributed by atoms with van der Waals surface area (Å²) in [6, 6.07) is 4.60. The van der Waals surface area contributed by atoms with Gasteiger partial charge in [0, 0.05) is 25.4 Å². The van der Waals surface area contributed by atoms with Gasteiger partial charge >= 0.3 is 0 Å². The van der Waals surface area contributed by atoms with E-state index in [1.54, 1.807) is 26.2 Å². The lowest BCUT2D eigenvalue weighted by molar-refractivity contribution is 0.188. The highest BCUT2D eigenvalue weighted by Gasteiger charge is 2.17. The summed E-state index contributed by atoms with van der Waals surface area (Å²) in [6.45, 7) is 4.12. The summed E-state index contributed by atoms with van der Waals surface area (Å²) in [6.07, 6.45) is 0.622. The number of hydrogen-bond acceptors (Lipinski definition) is 4. The van der Waals surface area contributed by atoms with E-state index in [0.717, 1.165) is 5.56 Å². The molecule has 0 heterocycles. The maximum Gasteiger partial charge on any atom is 0.240 e. The van der Waals surface area contributed by atoms with Gasteiger partial charge in [-0.2, -0.15) is 0 Å². The number of nitrogens with one attached hydrogen (secondary N) is 1. The highest BCUT2D eigenvalue weighted by atomic mass is 32.2. The summed E-state index contributed by atoms with van der Waals surface area (Å²) in [5.74, 6) is 0. The van der Waals surface area contributed by atoms with E-state index in [1.165, 1.54) is 6.07 Å². The van der Waals surface area contributed by atoms with Crippen molar-refractivity contribution in [3.05, 3.63) is 23.8 Å². The van der Waals surface area contributed by atoms with E-state index in [0.29, 0.717) is 18.7 Å². The van der Waals surface area contributed by atoms with E-state index in [4.69, 9.17) is 10.5 Å². The molecule has 0 spiro atoms. The zero-order valence-corrected chi connectivity index (χ0v) is 11.8. The van der Waals surface area contributed by atoms with Gasteiger partial charge in [-0.15, -0.1) is 0 Å². The molecule has 0 saturated carbocycles. The maximum atomic E-state index is 12.1. The summed E-state index contributed by atoms with van der Waals surface area (Å²) in [7, 11) is -1.93. The molecule has 1 aromatic carbocycles. The second kappa shape index (κ2) is 6.17. The third-order valence-electron chi connectivity index (χ3n) is 2.49. The summed E-state index contributed by atoms with van der Waals surface area (Å²) < 4.78 is 31.7. The van der Waals surface area contributed by atoms with Gasteiger partial charge in [0.1, 0.15) is 0 Å². The predicted molar refractivity (Wildman–Crippen MR) is 71.9 cm³/mol. The third-order valence-corrected chi connectivity index (χ3v) is 4.06. The lowest BCUT2D eigenvalue weighted by Crippen LogP contribution is -2.33. The van der Waals surface area contributed by atoms with Gasteiger partial charge in [-0.3, -0.25) is 0 Å². The van der Waals surface area contributed by atoms with Crippen molar-refractivity contribution in [3.63, 3.8) is 0 Å². The Balaban J connectivity index is 2.86. The lowest BCUT2D eigenvalue weighted by Gasteiger charge is -2.14. The molecule has 0 aromatic heterocycles. The second-order valence-electron chi connectivity index (χ2n) is 4.38. The number of nitrogen functional groups attached to an aromatic ring is 1. The molecule has 0 bridgehead atoms. The first-order valence-corrected chi connectivity index (χ1v) is 7.22. The van der Waals surface area contributed by atoms with Gasteiger partial charge in [0.2, 0.25) is 10.0 Å².